The number of anilines is 2. The molecule has 1 atom stereocenters. The van der Waals surface area contributed by atoms with Gasteiger partial charge in [-0.1, -0.05) is 19.8 Å². The third kappa shape index (κ3) is 4.97. The fraction of sp³-hybridized carbons (Fsp3) is 0.600. The number of carbonyl (C=O) groups is 2. The van der Waals surface area contributed by atoms with Crippen LogP contribution in [0.3, 0.4) is 0 Å². The van der Waals surface area contributed by atoms with Crippen molar-refractivity contribution in [3.05, 3.63) is 24.3 Å². The number of hydrogen-bond donors (Lipinski definition) is 1. The summed E-state index contributed by atoms with van der Waals surface area (Å²) in [5.74, 6) is -0.201. The van der Waals surface area contributed by atoms with Gasteiger partial charge in [0.2, 0.25) is 11.8 Å². The van der Waals surface area contributed by atoms with Crippen LogP contribution in [0.1, 0.15) is 46.5 Å². The average molecular weight is 345 g/mol. The zero-order chi connectivity index (χ0) is 18.2. The monoisotopic (exact) mass is 345 g/mol. The lowest BCUT2D eigenvalue weighted by Crippen LogP contribution is -2.33. The van der Waals surface area contributed by atoms with E-state index < -0.39 is 0 Å². The summed E-state index contributed by atoms with van der Waals surface area (Å²) in [5.41, 5.74) is 2.04. The predicted molar refractivity (Wildman–Crippen MR) is 103 cm³/mol. The van der Waals surface area contributed by atoms with Gasteiger partial charge in [-0.25, -0.2) is 0 Å². The number of nitrogens with zero attached hydrogens (tertiary/aromatic N) is 2. The van der Waals surface area contributed by atoms with Gasteiger partial charge in [0, 0.05) is 44.0 Å². The first-order chi connectivity index (χ1) is 12.1. The van der Waals surface area contributed by atoms with Crippen LogP contribution in [0.5, 0.6) is 0 Å². The van der Waals surface area contributed by atoms with E-state index in [0.717, 1.165) is 43.7 Å². The van der Waals surface area contributed by atoms with Crippen LogP contribution in [0.15, 0.2) is 24.3 Å². The molecule has 0 aliphatic carbocycles. The number of carbonyl (C=O) groups excluding carboxylic acids is 2. The quantitative estimate of drug-likeness (QED) is 0.699. The Morgan fingerprint density at radius 1 is 1.16 bits per heavy atom. The van der Waals surface area contributed by atoms with Crippen molar-refractivity contribution in [3.63, 3.8) is 0 Å². The summed E-state index contributed by atoms with van der Waals surface area (Å²) in [6, 6.07) is 8.06. The largest absolute Gasteiger partial charge is 0.372 e. The van der Waals surface area contributed by atoms with Gasteiger partial charge in [-0.2, -0.15) is 0 Å². The molecule has 0 bridgehead atoms. The highest BCUT2D eigenvalue weighted by Crippen LogP contribution is 2.27. The van der Waals surface area contributed by atoms with Gasteiger partial charge in [0.05, 0.1) is 5.92 Å². The molecule has 1 heterocycles. The molecule has 2 amide bonds. The van der Waals surface area contributed by atoms with Crippen LogP contribution >= 0.6 is 0 Å². The molecule has 1 N–H and O–H groups in total. The Morgan fingerprint density at radius 3 is 2.44 bits per heavy atom. The second-order valence-electron chi connectivity index (χ2n) is 6.59. The molecule has 0 spiro atoms. The SMILES string of the molecule is CCCCCNC(=O)C1CC(=O)N(c2ccc(N(CC)CC)cc2)C1. The number of hydrogen-bond acceptors (Lipinski definition) is 3. The molecule has 5 nitrogen and oxygen atoms in total. The summed E-state index contributed by atoms with van der Waals surface area (Å²) in [7, 11) is 0. The Morgan fingerprint density at radius 2 is 1.84 bits per heavy atom. The minimum Gasteiger partial charge on any atom is -0.372 e. The summed E-state index contributed by atoms with van der Waals surface area (Å²) < 4.78 is 0. The standard InChI is InChI=1S/C20H31N3O2/c1-4-7-8-13-21-20(25)16-14-19(24)23(15-16)18-11-9-17(10-12-18)22(5-2)6-3/h9-12,16H,4-8,13-15H2,1-3H3,(H,21,25). The van der Waals surface area contributed by atoms with Crippen molar-refractivity contribution >= 4 is 23.2 Å². The second kappa shape index (κ2) is 9.44. The summed E-state index contributed by atoms with van der Waals surface area (Å²) >= 11 is 0. The summed E-state index contributed by atoms with van der Waals surface area (Å²) in [6.07, 6.45) is 3.56. The first-order valence-corrected chi connectivity index (χ1v) is 9.53. The van der Waals surface area contributed by atoms with Crippen molar-refractivity contribution in [1.82, 2.24) is 5.32 Å². The molecule has 1 fully saturated rings. The van der Waals surface area contributed by atoms with Crippen LogP contribution in [0.25, 0.3) is 0 Å². The lowest BCUT2D eigenvalue weighted by atomic mass is 10.1. The smallest absolute Gasteiger partial charge is 0.227 e. The van der Waals surface area contributed by atoms with Crippen LogP contribution in [-0.2, 0) is 9.59 Å². The number of benzene rings is 1. The molecule has 0 aromatic heterocycles. The van der Waals surface area contributed by atoms with Crippen LogP contribution in [0.4, 0.5) is 11.4 Å². The molecule has 5 heteroatoms. The van der Waals surface area contributed by atoms with E-state index >= 15 is 0 Å². The Kier molecular flexibility index (Phi) is 7.29. The molecule has 138 valence electrons. The van der Waals surface area contributed by atoms with Gasteiger partial charge >= 0.3 is 0 Å². The van der Waals surface area contributed by atoms with Gasteiger partial charge in [0.1, 0.15) is 0 Å². The van der Waals surface area contributed by atoms with Gasteiger partial charge in [-0.05, 0) is 44.5 Å². The van der Waals surface area contributed by atoms with Crippen molar-refractivity contribution < 1.29 is 9.59 Å². The minimum absolute atomic E-state index is 0.00622. The zero-order valence-corrected chi connectivity index (χ0v) is 15.8. The van der Waals surface area contributed by atoms with Crippen molar-refractivity contribution in [2.24, 2.45) is 5.92 Å². The second-order valence-corrected chi connectivity index (χ2v) is 6.59. The van der Waals surface area contributed by atoms with Crippen LogP contribution in [0, 0.1) is 5.92 Å². The molecular formula is C20H31N3O2. The maximum Gasteiger partial charge on any atom is 0.227 e. The number of amides is 2. The van der Waals surface area contributed by atoms with E-state index in [2.05, 4.69) is 31.0 Å². The van der Waals surface area contributed by atoms with Gasteiger partial charge in [-0.3, -0.25) is 9.59 Å². The minimum atomic E-state index is -0.239. The Hall–Kier alpha value is -2.04. The average Bonchev–Trinajstić information content (AvgIpc) is 3.02. The summed E-state index contributed by atoms with van der Waals surface area (Å²) in [6.45, 7) is 9.49. The Labute approximate surface area is 151 Å². The maximum absolute atomic E-state index is 12.3. The van der Waals surface area contributed by atoms with Crippen molar-refractivity contribution in [1.29, 1.82) is 0 Å². The molecule has 0 radical (unpaired) electrons. The normalized spacial score (nSPS) is 17.0. The Balaban J connectivity index is 1.94. The summed E-state index contributed by atoms with van der Waals surface area (Å²) in [5, 5.41) is 2.97. The van der Waals surface area contributed by atoms with Crippen molar-refractivity contribution in [2.75, 3.05) is 36.0 Å². The van der Waals surface area contributed by atoms with E-state index in [4.69, 9.17) is 0 Å². The predicted octanol–water partition coefficient (Wildman–Crippen LogP) is 3.19. The fourth-order valence-corrected chi connectivity index (χ4v) is 3.30. The van der Waals surface area contributed by atoms with E-state index in [9.17, 15) is 9.59 Å². The van der Waals surface area contributed by atoms with Gasteiger partial charge in [0.25, 0.3) is 0 Å². The van der Waals surface area contributed by atoms with Gasteiger partial charge in [0.15, 0.2) is 0 Å². The first kappa shape index (κ1) is 19.3. The molecule has 1 aliphatic rings. The molecule has 1 aliphatic heterocycles. The van der Waals surface area contributed by atoms with E-state index in [1.807, 2.05) is 24.3 Å². The summed E-state index contributed by atoms with van der Waals surface area (Å²) in [4.78, 5) is 28.6. The third-order valence-corrected chi connectivity index (χ3v) is 4.87. The van der Waals surface area contributed by atoms with Gasteiger partial charge in [-0.15, -0.1) is 0 Å². The van der Waals surface area contributed by atoms with E-state index in [-0.39, 0.29) is 17.7 Å². The maximum atomic E-state index is 12.3. The number of unbranched alkanes of at least 4 members (excludes halogenated alkanes) is 2. The molecule has 1 saturated heterocycles. The lowest BCUT2D eigenvalue weighted by Gasteiger charge is -2.22. The highest BCUT2D eigenvalue weighted by atomic mass is 16.2. The molecular weight excluding hydrogens is 314 g/mol. The van der Waals surface area contributed by atoms with E-state index in [1.54, 1.807) is 4.90 Å². The van der Waals surface area contributed by atoms with E-state index in [0.29, 0.717) is 19.5 Å². The van der Waals surface area contributed by atoms with Crippen molar-refractivity contribution in [3.8, 4) is 0 Å². The topological polar surface area (TPSA) is 52.7 Å². The highest BCUT2D eigenvalue weighted by Gasteiger charge is 2.34. The number of rotatable bonds is 9. The molecule has 1 aromatic carbocycles. The zero-order valence-electron chi connectivity index (χ0n) is 15.8. The molecule has 25 heavy (non-hydrogen) atoms. The third-order valence-electron chi connectivity index (χ3n) is 4.87. The molecule has 1 aromatic rings. The lowest BCUT2D eigenvalue weighted by molar-refractivity contribution is -0.126. The van der Waals surface area contributed by atoms with Crippen LogP contribution < -0.4 is 15.1 Å². The van der Waals surface area contributed by atoms with Crippen LogP contribution in [0.2, 0.25) is 0 Å². The van der Waals surface area contributed by atoms with Gasteiger partial charge < -0.3 is 15.1 Å². The van der Waals surface area contributed by atoms with E-state index in [1.165, 1.54) is 0 Å². The Bertz CT molecular complexity index is 567. The number of nitrogens with one attached hydrogen (secondary N) is 1. The first-order valence-electron chi connectivity index (χ1n) is 9.53. The molecule has 1 unspecified atom stereocenters. The van der Waals surface area contributed by atoms with Crippen molar-refractivity contribution in [2.45, 2.75) is 46.5 Å². The fourth-order valence-electron chi connectivity index (χ4n) is 3.30. The highest BCUT2D eigenvalue weighted by molar-refractivity contribution is 6.00. The molecule has 2 rings (SSSR count). The molecule has 0 saturated carbocycles. The van der Waals surface area contributed by atoms with Crippen LogP contribution in [-0.4, -0.2) is 38.0 Å².